The van der Waals surface area contributed by atoms with Crippen molar-refractivity contribution in [2.24, 2.45) is 0 Å². The highest BCUT2D eigenvalue weighted by Gasteiger charge is 2.19. The number of nitrogens with zero attached hydrogens (tertiary/aromatic N) is 3. The molecule has 1 aromatic heterocycles. The third-order valence-electron chi connectivity index (χ3n) is 3.49. The van der Waals surface area contributed by atoms with Crippen LogP contribution in [0.1, 0.15) is 11.3 Å². The van der Waals surface area contributed by atoms with Crippen molar-refractivity contribution in [3.63, 3.8) is 0 Å². The second-order valence-corrected chi connectivity index (χ2v) is 7.26. The zero-order chi connectivity index (χ0) is 16.6. The molecular weight excluding hydrogens is 318 g/mol. The molecular formula is C15H17N3O4S. The molecule has 23 heavy (non-hydrogen) atoms. The molecule has 7 nitrogen and oxygen atoms in total. The maximum Gasteiger partial charge on any atom is 0.308 e. The van der Waals surface area contributed by atoms with Gasteiger partial charge in [0.1, 0.15) is 19.5 Å². The van der Waals surface area contributed by atoms with E-state index in [1.165, 1.54) is 26.6 Å². The lowest BCUT2D eigenvalue weighted by molar-refractivity contribution is 0.171. The molecule has 1 aromatic carbocycles. The van der Waals surface area contributed by atoms with Gasteiger partial charge in [-0.15, -0.1) is 0 Å². The maximum atomic E-state index is 12.1. The first-order valence-electron chi connectivity index (χ1n) is 6.96. The van der Waals surface area contributed by atoms with E-state index in [0.717, 1.165) is 13.8 Å². The van der Waals surface area contributed by atoms with Crippen LogP contribution in [0.25, 0.3) is 5.57 Å². The van der Waals surface area contributed by atoms with Gasteiger partial charge in [0.15, 0.2) is 11.5 Å². The molecule has 0 radical (unpaired) electrons. The monoisotopic (exact) mass is 335 g/mol. The number of aromatic nitrogens is 2. The minimum Gasteiger partial charge on any atom is -0.486 e. The lowest BCUT2D eigenvalue weighted by Crippen LogP contribution is -2.27. The summed E-state index contributed by atoms with van der Waals surface area (Å²) >= 11 is 0. The summed E-state index contributed by atoms with van der Waals surface area (Å²) in [4.78, 5) is 4.14. The Labute approximate surface area is 135 Å². The van der Waals surface area contributed by atoms with Gasteiger partial charge in [-0.3, -0.25) is 0 Å². The maximum absolute atomic E-state index is 12.1. The fourth-order valence-corrected chi connectivity index (χ4v) is 2.93. The molecule has 2 heterocycles. The average Bonchev–Trinajstić information content (AvgIpc) is 3.04. The number of fused-ring (bicyclic) bond motifs is 1. The van der Waals surface area contributed by atoms with Crippen molar-refractivity contribution in [3.05, 3.63) is 48.6 Å². The first kappa shape index (κ1) is 15.6. The van der Waals surface area contributed by atoms with Gasteiger partial charge in [0.25, 0.3) is 0 Å². The van der Waals surface area contributed by atoms with Crippen LogP contribution in [0.5, 0.6) is 11.5 Å². The Hall–Kier alpha value is -2.32. The van der Waals surface area contributed by atoms with Crippen molar-refractivity contribution < 1.29 is 17.9 Å². The van der Waals surface area contributed by atoms with E-state index in [1.807, 2.05) is 18.2 Å². The Morgan fingerprint density at radius 2 is 1.96 bits per heavy atom. The van der Waals surface area contributed by atoms with Crippen LogP contribution in [-0.4, -0.2) is 49.0 Å². The van der Waals surface area contributed by atoms with E-state index in [1.54, 1.807) is 0 Å². The highest BCUT2D eigenvalue weighted by atomic mass is 32.2. The van der Waals surface area contributed by atoms with Crippen molar-refractivity contribution in [2.45, 2.75) is 0 Å². The minimum absolute atomic E-state index is 0.479. The summed E-state index contributed by atoms with van der Waals surface area (Å²) in [6.45, 7) is 5.03. The van der Waals surface area contributed by atoms with Gasteiger partial charge in [0.05, 0.1) is 5.69 Å². The zero-order valence-electron chi connectivity index (χ0n) is 12.9. The van der Waals surface area contributed by atoms with Gasteiger partial charge in [-0.1, -0.05) is 12.6 Å². The fraction of sp³-hybridized carbons (Fsp3) is 0.267. The molecule has 2 aromatic rings. The summed E-state index contributed by atoms with van der Waals surface area (Å²) in [7, 11) is -0.659. The normalized spacial score (nSPS) is 14.0. The second-order valence-electron chi connectivity index (χ2n) is 5.22. The lowest BCUT2D eigenvalue weighted by Gasteiger charge is -2.19. The molecule has 0 unspecified atom stereocenters. The van der Waals surface area contributed by atoms with Crippen LogP contribution in [0.4, 0.5) is 0 Å². The molecule has 122 valence electrons. The predicted molar refractivity (Wildman–Crippen MR) is 85.8 cm³/mol. The van der Waals surface area contributed by atoms with Crippen molar-refractivity contribution in [1.29, 1.82) is 0 Å². The first-order chi connectivity index (χ1) is 10.9. The van der Waals surface area contributed by atoms with Crippen LogP contribution >= 0.6 is 0 Å². The van der Waals surface area contributed by atoms with E-state index in [9.17, 15) is 8.42 Å². The lowest BCUT2D eigenvalue weighted by atomic mass is 10.0. The number of hydrogen-bond acceptors (Lipinski definition) is 5. The smallest absolute Gasteiger partial charge is 0.308 e. The largest absolute Gasteiger partial charge is 0.486 e. The van der Waals surface area contributed by atoms with Crippen LogP contribution in [-0.2, 0) is 10.2 Å². The van der Waals surface area contributed by atoms with Gasteiger partial charge in [-0.25, -0.2) is 8.96 Å². The van der Waals surface area contributed by atoms with Crippen molar-refractivity contribution in [3.8, 4) is 11.5 Å². The van der Waals surface area contributed by atoms with Crippen molar-refractivity contribution in [2.75, 3.05) is 27.3 Å². The predicted octanol–water partition coefficient (Wildman–Crippen LogP) is 1.37. The molecule has 8 heteroatoms. The molecule has 0 saturated carbocycles. The van der Waals surface area contributed by atoms with Gasteiger partial charge in [0.2, 0.25) is 0 Å². The quantitative estimate of drug-likeness (QED) is 0.844. The summed E-state index contributed by atoms with van der Waals surface area (Å²) in [6.07, 6.45) is 2.70. The standard InChI is InChI=1S/C15H17N3O4S/c1-11(12-4-5-14-15(8-12)22-7-6-21-14)13-9-18(10-16-13)23(19,20)17(2)3/h4-5,8-10H,1,6-7H2,2-3H3. The Kier molecular flexibility index (Phi) is 3.87. The molecule has 0 atom stereocenters. The van der Waals surface area contributed by atoms with E-state index >= 15 is 0 Å². The summed E-state index contributed by atoms with van der Waals surface area (Å²) in [5.41, 5.74) is 1.88. The summed E-state index contributed by atoms with van der Waals surface area (Å²) in [5.74, 6) is 1.34. The number of imidazole rings is 1. The van der Waals surface area contributed by atoms with E-state index in [0.29, 0.717) is 36.0 Å². The second kappa shape index (κ2) is 5.71. The average molecular weight is 335 g/mol. The van der Waals surface area contributed by atoms with Gasteiger partial charge in [-0.2, -0.15) is 12.7 Å². The molecule has 0 N–H and O–H groups in total. The van der Waals surface area contributed by atoms with Gasteiger partial charge >= 0.3 is 10.2 Å². The van der Waals surface area contributed by atoms with E-state index in [-0.39, 0.29) is 0 Å². The number of ether oxygens (including phenoxy) is 2. The van der Waals surface area contributed by atoms with Gasteiger partial charge in [-0.05, 0) is 17.7 Å². The highest BCUT2D eigenvalue weighted by Crippen LogP contribution is 2.33. The number of benzene rings is 1. The van der Waals surface area contributed by atoms with Crippen LogP contribution in [0, 0.1) is 0 Å². The van der Waals surface area contributed by atoms with Gasteiger partial charge < -0.3 is 9.47 Å². The molecule has 0 spiro atoms. The molecule has 1 aliphatic heterocycles. The molecule has 1 aliphatic rings. The van der Waals surface area contributed by atoms with Crippen LogP contribution in [0.3, 0.4) is 0 Å². The zero-order valence-corrected chi connectivity index (χ0v) is 13.7. The van der Waals surface area contributed by atoms with Crippen LogP contribution < -0.4 is 9.47 Å². The number of rotatable bonds is 4. The third-order valence-corrected chi connectivity index (χ3v) is 5.14. The van der Waals surface area contributed by atoms with Crippen molar-refractivity contribution in [1.82, 2.24) is 13.3 Å². The summed E-state index contributed by atoms with van der Waals surface area (Å²) in [6, 6.07) is 5.47. The topological polar surface area (TPSA) is 73.7 Å². The van der Waals surface area contributed by atoms with Crippen LogP contribution in [0.15, 0.2) is 37.3 Å². The Morgan fingerprint density at radius 1 is 1.26 bits per heavy atom. The molecule has 0 amide bonds. The minimum atomic E-state index is -3.58. The SMILES string of the molecule is C=C(c1ccc2c(c1)OCCO2)c1cn(S(=O)(=O)N(C)C)cn1. The fourth-order valence-electron chi connectivity index (χ4n) is 2.16. The molecule has 0 fully saturated rings. The number of hydrogen-bond donors (Lipinski definition) is 0. The molecule has 0 bridgehead atoms. The summed E-state index contributed by atoms with van der Waals surface area (Å²) < 4.78 is 37.4. The molecule has 0 aliphatic carbocycles. The Bertz CT molecular complexity index is 855. The molecule has 3 rings (SSSR count). The van der Waals surface area contributed by atoms with E-state index < -0.39 is 10.2 Å². The molecule has 0 saturated heterocycles. The van der Waals surface area contributed by atoms with Gasteiger partial charge in [0, 0.05) is 25.9 Å². The summed E-state index contributed by atoms with van der Waals surface area (Å²) in [5, 5.41) is 0. The van der Waals surface area contributed by atoms with Crippen molar-refractivity contribution >= 4 is 15.8 Å². The highest BCUT2D eigenvalue weighted by molar-refractivity contribution is 7.87. The Balaban J connectivity index is 1.91. The van der Waals surface area contributed by atoms with E-state index in [4.69, 9.17) is 9.47 Å². The van der Waals surface area contributed by atoms with Crippen LogP contribution in [0.2, 0.25) is 0 Å². The van der Waals surface area contributed by atoms with E-state index in [2.05, 4.69) is 11.6 Å². The Morgan fingerprint density at radius 3 is 2.65 bits per heavy atom. The first-order valence-corrected chi connectivity index (χ1v) is 8.35. The third kappa shape index (κ3) is 2.82.